The van der Waals surface area contributed by atoms with Gasteiger partial charge in [-0.05, 0) is 50.3 Å². The lowest BCUT2D eigenvalue weighted by atomic mass is 9.99. The molecule has 2 amide bonds. The molecule has 2 N–H and O–H groups in total. The highest BCUT2D eigenvalue weighted by Crippen LogP contribution is 2.39. The third kappa shape index (κ3) is 3.61. The van der Waals surface area contributed by atoms with E-state index >= 15 is 0 Å². The summed E-state index contributed by atoms with van der Waals surface area (Å²) in [5.74, 6) is 0.967. The second-order valence-electron chi connectivity index (χ2n) is 7.65. The lowest BCUT2D eigenvalue weighted by molar-refractivity contribution is -0.118. The molecule has 2 heterocycles. The molecule has 1 aromatic heterocycles. The van der Waals surface area contributed by atoms with Crippen LogP contribution in [0.1, 0.15) is 69.0 Å². The summed E-state index contributed by atoms with van der Waals surface area (Å²) in [6, 6.07) is 9.99. The van der Waals surface area contributed by atoms with E-state index in [2.05, 4.69) is 22.4 Å². The van der Waals surface area contributed by atoms with Crippen LogP contribution in [0.5, 0.6) is 0 Å². The average molecular weight is 366 g/mol. The zero-order valence-electron chi connectivity index (χ0n) is 15.9. The lowest BCUT2D eigenvalue weighted by Gasteiger charge is -2.24. The third-order valence-corrected chi connectivity index (χ3v) is 5.73. The molecule has 2 aliphatic rings. The van der Waals surface area contributed by atoms with Gasteiger partial charge in [-0.1, -0.05) is 19.1 Å². The van der Waals surface area contributed by atoms with Gasteiger partial charge in [0.25, 0.3) is 0 Å². The van der Waals surface area contributed by atoms with Crippen LogP contribution in [0, 0.1) is 0 Å². The molecular formula is C21H26N4O2. The van der Waals surface area contributed by atoms with E-state index in [0.29, 0.717) is 18.2 Å². The first-order valence-electron chi connectivity index (χ1n) is 9.85. The number of benzene rings is 1. The van der Waals surface area contributed by atoms with Gasteiger partial charge in [-0.3, -0.25) is 14.7 Å². The zero-order chi connectivity index (χ0) is 19.0. The van der Waals surface area contributed by atoms with Crippen LogP contribution in [0.4, 0.5) is 11.5 Å². The summed E-state index contributed by atoms with van der Waals surface area (Å²) in [4.78, 5) is 26.7. The number of H-pyrrole nitrogens is 1. The number of hydrogen-bond acceptors (Lipinski definition) is 3. The Morgan fingerprint density at radius 2 is 2.04 bits per heavy atom. The number of carbonyl (C=O) groups excluding carboxylic acids is 2. The minimum Gasteiger partial charge on any atom is -0.309 e. The summed E-state index contributed by atoms with van der Waals surface area (Å²) in [5.41, 5.74) is 2.94. The van der Waals surface area contributed by atoms with E-state index in [-0.39, 0.29) is 23.8 Å². The van der Waals surface area contributed by atoms with Gasteiger partial charge in [-0.15, -0.1) is 0 Å². The van der Waals surface area contributed by atoms with Crippen molar-refractivity contribution in [2.24, 2.45) is 0 Å². The number of aromatic amines is 1. The van der Waals surface area contributed by atoms with Crippen LogP contribution in [0.2, 0.25) is 0 Å². The molecule has 2 fully saturated rings. The van der Waals surface area contributed by atoms with E-state index in [1.807, 2.05) is 42.2 Å². The van der Waals surface area contributed by atoms with E-state index < -0.39 is 0 Å². The van der Waals surface area contributed by atoms with Crippen molar-refractivity contribution in [1.29, 1.82) is 0 Å². The fourth-order valence-corrected chi connectivity index (χ4v) is 3.80. The average Bonchev–Trinajstić information content (AvgIpc) is 3.32. The number of carbonyl (C=O) groups is 2. The van der Waals surface area contributed by atoms with Gasteiger partial charge < -0.3 is 10.2 Å². The highest BCUT2D eigenvalue weighted by atomic mass is 16.2. The predicted octanol–water partition coefficient (Wildman–Crippen LogP) is 3.93. The Bertz CT molecular complexity index is 838. The van der Waals surface area contributed by atoms with Crippen LogP contribution in [0.3, 0.4) is 0 Å². The maximum atomic E-state index is 12.6. The second-order valence-corrected chi connectivity index (χ2v) is 7.65. The quantitative estimate of drug-likeness (QED) is 0.813. The van der Waals surface area contributed by atoms with Crippen molar-refractivity contribution >= 4 is 23.3 Å². The molecule has 1 aliphatic carbocycles. The fraction of sp³-hybridized carbons (Fsp3) is 0.476. The molecule has 6 nitrogen and oxygen atoms in total. The van der Waals surface area contributed by atoms with Gasteiger partial charge in [0.05, 0.1) is 5.92 Å². The molecule has 27 heavy (non-hydrogen) atoms. The van der Waals surface area contributed by atoms with Gasteiger partial charge >= 0.3 is 0 Å². The van der Waals surface area contributed by atoms with Crippen molar-refractivity contribution in [3.8, 4) is 0 Å². The first-order chi connectivity index (χ1) is 13.1. The molecule has 0 spiro atoms. The van der Waals surface area contributed by atoms with Gasteiger partial charge in [0.2, 0.25) is 11.8 Å². The highest BCUT2D eigenvalue weighted by molar-refractivity contribution is 5.97. The normalized spacial score (nSPS) is 20.7. The largest absolute Gasteiger partial charge is 0.309 e. The molecule has 1 saturated carbocycles. The van der Waals surface area contributed by atoms with Gasteiger partial charge in [0.15, 0.2) is 5.82 Å². The summed E-state index contributed by atoms with van der Waals surface area (Å²) in [7, 11) is 0. The zero-order valence-corrected chi connectivity index (χ0v) is 15.9. The number of hydrogen-bond donors (Lipinski definition) is 2. The highest BCUT2D eigenvalue weighted by Gasteiger charge is 2.31. The fourth-order valence-electron chi connectivity index (χ4n) is 3.80. The first kappa shape index (κ1) is 17.8. The van der Waals surface area contributed by atoms with Crippen LogP contribution in [0.15, 0.2) is 30.3 Å². The molecule has 142 valence electrons. The van der Waals surface area contributed by atoms with Crippen LogP contribution in [-0.4, -0.2) is 28.1 Å². The number of aromatic nitrogens is 2. The Balaban J connectivity index is 1.42. The van der Waals surface area contributed by atoms with E-state index in [9.17, 15) is 9.59 Å². The minimum atomic E-state index is -0.295. The second kappa shape index (κ2) is 7.18. The maximum absolute atomic E-state index is 12.6. The SMILES string of the molecule is CCC1CCC(=O)N1c1ccc(C(C)C(=O)Nc2cc(C3CC3)[nH]n2)cc1. The third-order valence-electron chi connectivity index (χ3n) is 5.73. The van der Waals surface area contributed by atoms with Crippen LogP contribution in [0.25, 0.3) is 0 Å². The van der Waals surface area contributed by atoms with Crippen molar-refractivity contribution in [2.75, 3.05) is 10.2 Å². The Labute approximate surface area is 159 Å². The van der Waals surface area contributed by atoms with E-state index in [1.165, 1.54) is 12.8 Å². The number of rotatable bonds is 6. The van der Waals surface area contributed by atoms with Crippen molar-refractivity contribution < 1.29 is 9.59 Å². The molecule has 1 aliphatic heterocycles. The molecule has 0 radical (unpaired) electrons. The molecular weight excluding hydrogens is 340 g/mol. The maximum Gasteiger partial charge on any atom is 0.232 e. The molecule has 1 saturated heterocycles. The molecule has 2 unspecified atom stereocenters. The van der Waals surface area contributed by atoms with E-state index in [4.69, 9.17) is 0 Å². The molecule has 6 heteroatoms. The Kier molecular flexibility index (Phi) is 4.72. The van der Waals surface area contributed by atoms with Crippen molar-refractivity contribution in [3.05, 3.63) is 41.6 Å². The predicted molar refractivity (Wildman–Crippen MR) is 105 cm³/mol. The van der Waals surface area contributed by atoms with Crippen LogP contribution < -0.4 is 10.2 Å². The summed E-state index contributed by atoms with van der Waals surface area (Å²) < 4.78 is 0. The van der Waals surface area contributed by atoms with Crippen LogP contribution in [-0.2, 0) is 9.59 Å². The van der Waals surface area contributed by atoms with E-state index in [1.54, 1.807) is 0 Å². The van der Waals surface area contributed by atoms with Gasteiger partial charge in [0, 0.05) is 35.8 Å². The number of nitrogens with zero attached hydrogens (tertiary/aromatic N) is 2. The van der Waals surface area contributed by atoms with Crippen molar-refractivity contribution in [2.45, 2.75) is 63.8 Å². The van der Waals surface area contributed by atoms with Crippen molar-refractivity contribution in [3.63, 3.8) is 0 Å². The first-order valence-corrected chi connectivity index (χ1v) is 9.85. The Morgan fingerprint density at radius 3 is 2.70 bits per heavy atom. The summed E-state index contributed by atoms with van der Waals surface area (Å²) in [6.07, 6.45) is 4.88. The molecule has 0 bridgehead atoms. The smallest absolute Gasteiger partial charge is 0.232 e. The minimum absolute atomic E-state index is 0.0831. The van der Waals surface area contributed by atoms with Crippen molar-refractivity contribution in [1.82, 2.24) is 10.2 Å². The number of amides is 2. The Hall–Kier alpha value is -2.63. The standard InChI is InChI=1S/C21H26N4O2/c1-3-16-10-11-20(26)25(16)17-8-6-14(7-9-17)13(2)21(27)22-19-12-18(23-24-19)15-4-5-15/h6-9,12-13,15-16H,3-5,10-11H2,1-2H3,(H2,22,23,24,27). The monoisotopic (exact) mass is 366 g/mol. The van der Waals surface area contributed by atoms with E-state index in [0.717, 1.165) is 29.8 Å². The number of anilines is 2. The topological polar surface area (TPSA) is 78.1 Å². The Morgan fingerprint density at radius 1 is 1.30 bits per heavy atom. The lowest BCUT2D eigenvalue weighted by Crippen LogP contribution is -2.32. The van der Waals surface area contributed by atoms with Gasteiger partial charge in [0.1, 0.15) is 0 Å². The van der Waals surface area contributed by atoms with Crippen LogP contribution >= 0.6 is 0 Å². The molecule has 4 rings (SSSR count). The molecule has 2 aromatic rings. The summed E-state index contributed by atoms with van der Waals surface area (Å²) in [6.45, 7) is 4.00. The number of nitrogens with one attached hydrogen (secondary N) is 2. The molecule has 2 atom stereocenters. The summed E-state index contributed by atoms with van der Waals surface area (Å²) >= 11 is 0. The molecule has 1 aromatic carbocycles. The van der Waals surface area contributed by atoms with Gasteiger partial charge in [-0.2, -0.15) is 5.10 Å². The van der Waals surface area contributed by atoms with Gasteiger partial charge in [-0.25, -0.2) is 0 Å². The summed E-state index contributed by atoms with van der Waals surface area (Å²) in [5, 5.41) is 10.1.